The van der Waals surface area contributed by atoms with Gasteiger partial charge in [0.15, 0.2) is 0 Å². The van der Waals surface area contributed by atoms with Crippen molar-refractivity contribution >= 4 is 38.3 Å². The van der Waals surface area contributed by atoms with Crippen LogP contribution in [0.1, 0.15) is 32.1 Å². The summed E-state index contributed by atoms with van der Waals surface area (Å²) in [5.41, 5.74) is 1.09. The Bertz CT molecular complexity index is 1500. The maximum absolute atomic E-state index is 13.9. The molecule has 6 rings (SSSR count). The topological polar surface area (TPSA) is 94.1 Å². The molecule has 9 nitrogen and oxygen atoms in total. The van der Waals surface area contributed by atoms with Crippen LogP contribution in [0.2, 0.25) is 0 Å². The minimum Gasteiger partial charge on any atom is -0.371 e. The summed E-state index contributed by atoms with van der Waals surface area (Å²) in [6, 6.07) is 15.9. The Morgan fingerprint density at radius 2 is 1.46 bits per heavy atom. The molecule has 0 bridgehead atoms. The molecule has 1 atom stereocenters. The average Bonchev–Trinajstić information content (AvgIpc) is 3.04. The van der Waals surface area contributed by atoms with Crippen LogP contribution >= 0.6 is 0 Å². The van der Waals surface area contributed by atoms with Crippen LogP contribution in [-0.4, -0.2) is 91.2 Å². The highest BCUT2D eigenvalue weighted by Gasteiger charge is 2.43. The van der Waals surface area contributed by atoms with Gasteiger partial charge in [0.05, 0.1) is 4.90 Å². The van der Waals surface area contributed by atoms with Gasteiger partial charge in [-0.2, -0.15) is 4.31 Å². The van der Waals surface area contributed by atoms with Gasteiger partial charge in [-0.05, 0) is 67.1 Å². The van der Waals surface area contributed by atoms with Crippen molar-refractivity contribution in [3.63, 3.8) is 0 Å². The highest BCUT2D eigenvalue weighted by Crippen LogP contribution is 2.29. The van der Waals surface area contributed by atoms with E-state index in [0.29, 0.717) is 25.9 Å². The lowest BCUT2D eigenvalue weighted by molar-refractivity contribution is -0.151. The number of aromatic nitrogens is 1. The van der Waals surface area contributed by atoms with Crippen LogP contribution in [0.3, 0.4) is 0 Å². The Balaban J connectivity index is 1.21. The van der Waals surface area contributed by atoms with Crippen LogP contribution in [0, 0.1) is 5.92 Å². The summed E-state index contributed by atoms with van der Waals surface area (Å²) in [4.78, 5) is 37.9. The molecule has 41 heavy (non-hydrogen) atoms. The van der Waals surface area contributed by atoms with E-state index in [-0.39, 0.29) is 42.3 Å². The van der Waals surface area contributed by atoms with Crippen LogP contribution in [-0.2, 0) is 19.6 Å². The average molecular weight is 576 g/mol. The van der Waals surface area contributed by atoms with Gasteiger partial charge in [0.1, 0.15) is 6.04 Å². The molecule has 3 aromatic rings. The molecular weight excluding hydrogens is 538 g/mol. The number of amides is 2. The van der Waals surface area contributed by atoms with Gasteiger partial charge < -0.3 is 14.7 Å². The maximum Gasteiger partial charge on any atom is 0.246 e. The number of hydrogen-bond donors (Lipinski definition) is 0. The molecule has 2 aromatic carbocycles. The molecule has 1 unspecified atom stereocenters. The summed E-state index contributed by atoms with van der Waals surface area (Å²) in [7, 11) is -3.85. The van der Waals surface area contributed by atoms with Crippen LogP contribution < -0.4 is 4.90 Å². The molecule has 3 aliphatic rings. The zero-order chi connectivity index (χ0) is 28.4. The van der Waals surface area contributed by atoms with Gasteiger partial charge >= 0.3 is 0 Å². The lowest BCUT2D eigenvalue weighted by Gasteiger charge is -2.44. The molecule has 3 aliphatic heterocycles. The van der Waals surface area contributed by atoms with Crippen molar-refractivity contribution in [2.24, 2.45) is 5.92 Å². The quantitative estimate of drug-likeness (QED) is 0.463. The zero-order valence-corrected chi connectivity index (χ0v) is 24.1. The first-order valence-electron chi connectivity index (χ1n) is 14.6. The Labute approximate surface area is 241 Å². The number of rotatable bonds is 5. The number of likely N-dealkylation sites (tertiary alicyclic amines) is 1. The van der Waals surface area contributed by atoms with E-state index >= 15 is 0 Å². The van der Waals surface area contributed by atoms with Crippen molar-refractivity contribution in [1.29, 1.82) is 0 Å². The fraction of sp³-hybridized carbons (Fsp3) is 0.452. The van der Waals surface area contributed by atoms with Gasteiger partial charge in [0.25, 0.3) is 0 Å². The first-order valence-corrected chi connectivity index (χ1v) is 16.1. The van der Waals surface area contributed by atoms with Crippen LogP contribution in [0.15, 0.2) is 71.9 Å². The maximum atomic E-state index is 13.9. The van der Waals surface area contributed by atoms with Crippen molar-refractivity contribution in [2.75, 3.05) is 50.7 Å². The van der Waals surface area contributed by atoms with Crippen molar-refractivity contribution in [3.8, 4) is 0 Å². The second-order valence-corrected chi connectivity index (χ2v) is 13.2. The third-order valence-corrected chi connectivity index (χ3v) is 10.7. The van der Waals surface area contributed by atoms with Crippen molar-refractivity contribution in [1.82, 2.24) is 19.1 Å². The molecule has 0 aliphatic carbocycles. The largest absolute Gasteiger partial charge is 0.371 e. The fourth-order valence-electron chi connectivity index (χ4n) is 6.43. The van der Waals surface area contributed by atoms with Crippen LogP contribution in [0.5, 0.6) is 0 Å². The smallest absolute Gasteiger partial charge is 0.246 e. The SMILES string of the molecule is O=C(C1CN(S(=O)(=O)c2ccc3ccccc3c2)CCN1C(=O)C1CCN(c2ccncc2)CC1)N1CCCCC1. The Morgan fingerprint density at radius 3 is 2.20 bits per heavy atom. The second kappa shape index (κ2) is 11.8. The fourth-order valence-corrected chi connectivity index (χ4v) is 7.90. The number of fused-ring (bicyclic) bond motifs is 1. The summed E-state index contributed by atoms with van der Waals surface area (Å²) in [6.07, 6.45) is 7.87. The van der Waals surface area contributed by atoms with E-state index < -0.39 is 16.1 Å². The number of piperazine rings is 1. The first kappa shape index (κ1) is 27.7. The van der Waals surface area contributed by atoms with Crippen LogP contribution in [0.25, 0.3) is 10.8 Å². The normalized spacial score (nSPS) is 21.3. The predicted octanol–water partition coefficient (Wildman–Crippen LogP) is 3.37. The first-order chi connectivity index (χ1) is 19.9. The second-order valence-electron chi connectivity index (χ2n) is 11.3. The molecule has 3 fully saturated rings. The van der Waals surface area contributed by atoms with Crippen LogP contribution in [0.4, 0.5) is 5.69 Å². The standard InChI is InChI=1S/C31H37N5O4S/c37-30(25-12-18-33(19-13-25)27-10-14-32-15-11-27)36-21-20-35(23-29(36)31(38)34-16-4-1-5-17-34)41(39,40)28-9-8-24-6-2-3-7-26(24)22-28/h2-3,6-11,14-15,22,25,29H,1,4-5,12-13,16-21,23H2. The molecule has 0 spiro atoms. The number of pyridine rings is 1. The third kappa shape index (κ3) is 5.67. The summed E-state index contributed by atoms with van der Waals surface area (Å²) in [5, 5.41) is 1.82. The number of carbonyl (C=O) groups is 2. The van der Waals surface area contributed by atoms with Gasteiger partial charge in [0, 0.05) is 69.8 Å². The predicted molar refractivity (Wildman–Crippen MR) is 158 cm³/mol. The van der Waals surface area contributed by atoms with E-state index in [2.05, 4.69) is 9.88 Å². The Kier molecular flexibility index (Phi) is 7.94. The van der Waals surface area contributed by atoms with E-state index in [1.807, 2.05) is 47.4 Å². The van der Waals surface area contributed by atoms with Gasteiger partial charge in [-0.1, -0.05) is 30.3 Å². The molecule has 0 saturated carbocycles. The number of hydrogen-bond acceptors (Lipinski definition) is 6. The highest BCUT2D eigenvalue weighted by atomic mass is 32.2. The summed E-state index contributed by atoms with van der Waals surface area (Å²) in [6.45, 7) is 3.16. The number of benzene rings is 2. The molecule has 1 aromatic heterocycles. The molecular formula is C31H37N5O4S. The highest BCUT2D eigenvalue weighted by molar-refractivity contribution is 7.89. The van der Waals surface area contributed by atoms with Gasteiger partial charge in [-0.25, -0.2) is 8.42 Å². The lowest BCUT2D eigenvalue weighted by atomic mass is 9.93. The Hall–Kier alpha value is -3.50. The zero-order valence-electron chi connectivity index (χ0n) is 23.3. The van der Waals surface area contributed by atoms with Crippen molar-refractivity contribution < 1.29 is 18.0 Å². The molecule has 0 radical (unpaired) electrons. The summed E-state index contributed by atoms with van der Waals surface area (Å²) in [5.74, 6) is -0.350. The van der Waals surface area contributed by atoms with Gasteiger partial charge in [-0.3, -0.25) is 14.6 Å². The van der Waals surface area contributed by atoms with Crippen molar-refractivity contribution in [2.45, 2.75) is 43.0 Å². The monoisotopic (exact) mass is 575 g/mol. The van der Waals surface area contributed by atoms with E-state index in [9.17, 15) is 18.0 Å². The molecule has 0 N–H and O–H groups in total. The van der Waals surface area contributed by atoms with E-state index in [1.165, 1.54) is 4.31 Å². The van der Waals surface area contributed by atoms with Gasteiger partial charge in [-0.15, -0.1) is 0 Å². The number of carbonyl (C=O) groups excluding carboxylic acids is 2. The van der Waals surface area contributed by atoms with E-state index in [0.717, 1.165) is 48.8 Å². The summed E-state index contributed by atoms with van der Waals surface area (Å²) < 4.78 is 29.0. The summed E-state index contributed by atoms with van der Waals surface area (Å²) >= 11 is 0. The number of anilines is 1. The molecule has 10 heteroatoms. The molecule has 216 valence electrons. The molecule has 3 saturated heterocycles. The number of sulfonamides is 1. The minimum atomic E-state index is -3.85. The number of nitrogens with zero attached hydrogens (tertiary/aromatic N) is 5. The molecule has 2 amide bonds. The van der Waals surface area contributed by atoms with Gasteiger partial charge in [0.2, 0.25) is 21.8 Å². The Morgan fingerprint density at radius 1 is 0.756 bits per heavy atom. The number of piperidine rings is 2. The minimum absolute atomic E-state index is 0.0217. The third-order valence-electron chi connectivity index (χ3n) is 8.81. The van der Waals surface area contributed by atoms with Crippen molar-refractivity contribution in [3.05, 3.63) is 67.0 Å². The molecule has 4 heterocycles. The van der Waals surface area contributed by atoms with E-state index in [1.54, 1.807) is 29.4 Å². The lowest BCUT2D eigenvalue weighted by Crippen LogP contribution is -2.63. The van der Waals surface area contributed by atoms with E-state index in [4.69, 9.17) is 0 Å².